The summed E-state index contributed by atoms with van der Waals surface area (Å²) in [7, 11) is 0. The van der Waals surface area contributed by atoms with E-state index >= 15 is 0 Å². The lowest BCUT2D eigenvalue weighted by Gasteiger charge is -2.33. The number of hydrogen-bond donors (Lipinski definition) is 0. The average molecular weight is 741 g/mol. The molecule has 0 saturated carbocycles. The van der Waals surface area contributed by atoms with E-state index in [4.69, 9.17) is 0 Å². The molecule has 0 bridgehead atoms. The number of hydrogen-bond acceptors (Lipinski definition) is 4. The van der Waals surface area contributed by atoms with E-state index in [-0.39, 0.29) is 10.5 Å². The third kappa shape index (κ3) is 7.97. The van der Waals surface area contributed by atoms with Gasteiger partial charge in [0.1, 0.15) is 0 Å². The average Bonchev–Trinajstić information content (AvgIpc) is 3.98. The first-order chi connectivity index (χ1) is 24.6. The molecule has 0 unspecified atom stereocenters. The highest BCUT2D eigenvalue weighted by Crippen LogP contribution is 2.57. The highest BCUT2D eigenvalue weighted by atomic mass is 32.2. The second-order valence-corrected chi connectivity index (χ2v) is 19.1. The van der Waals surface area contributed by atoms with Gasteiger partial charge in [0.2, 0.25) is 0 Å². The van der Waals surface area contributed by atoms with E-state index in [9.17, 15) is 4.39 Å². The number of fused-ring (bicyclic) bond motifs is 3. The number of allylic oxidation sites excluding steroid dienone is 2. The summed E-state index contributed by atoms with van der Waals surface area (Å²) >= 11 is 7.22. The van der Waals surface area contributed by atoms with Gasteiger partial charge in [0.25, 0.3) is 0 Å². The van der Waals surface area contributed by atoms with Crippen LogP contribution in [0.15, 0.2) is 77.7 Å². The van der Waals surface area contributed by atoms with Gasteiger partial charge in [-0.15, -0.1) is 46.2 Å². The van der Waals surface area contributed by atoms with Crippen molar-refractivity contribution >= 4 is 51.1 Å². The first-order valence-electron chi connectivity index (χ1n) is 19.4. The zero-order valence-corrected chi connectivity index (χ0v) is 33.3. The molecule has 2 aromatic heterocycles. The summed E-state index contributed by atoms with van der Waals surface area (Å²) < 4.78 is 13.9. The Kier molecular flexibility index (Phi) is 12.5. The maximum Gasteiger partial charge on any atom is 0.177 e. The minimum atomic E-state index is -0.115. The van der Waals surface area contributed by atoms with Crippen LogP contribution in [0, 0.1) is 5.13 Å². The Hall–Kier alpha value is -2.05. The van der Waals surface area contributed by atoms with E-state index in [2.05, 4.69) is 98.1 Å². The van der Waals surface area contributed by atoms with Crippen molar-refractivity contribution in [3.05, 3.63) is 99.5 Å². The Bertz CT molecular complexity index is 1790. The predicted molar refractivity (Wildman–Crippen MR) is 224 cm³/mol. The number of thiophene rings is 2. The lowest BCUT2D eigenvalue weighted by molar-refractivity contribution is 0.398. The van der Waals surface area contributed by atoms with Crippen LogP contribution in [0.25, 0.3) is 36.2 Å². The zero-order valence-electron chi connectivity index (χ0n) is 30.0. The summed E-state index contributed by atoms with van der Waals surface area (Å²) in [5.74, 6) is 1.25. The molecular weight excluding hydrogens is 688 g/mol. The van der Waals surface area contributed by atoms with Crippen molar-refractivity contribution in [2.75, 3.05) is 5.75 Å². The standard InChI is InChI=1S/C45H53FS4/c1-3-5-7-9-11-13-27-45(28-14-12-10-8-6-4-2)36-30-32(38-21-23-41(48-38)40-16-15-29-47-40)17-19-34(36)35-20-18-33(31-37(35)45)39-22-24-42(49-39)43-25-26-44(46)50-43/h16-22,24-26,30-31,41H,3-15,23,27-29H2,1-2H3/t41-/m1/s1. The molecule has 0 radical (unpaired) electrons. The number of rotatable bonds is 18. The fourth-order valence-electron chi connectivity index (χ4n) is 8.44. The van der Waals surface area contributed by atoms with Crippen LogP contribution in [0.5, 0.6) is 0 Å². The minimum absolute atomic E-state index is 0.0379. The molecule has 0 nitrogen and oxygen atoms in total. The highest BCUT2D eigenvalue weighted by molar-refractivity contribution is 8.11. The molecule has 0 amide bonds. The van der Waals surface area contributed by atoms with Gasteiger partial charge in [-0.05, 0) is 100 Å². The largest absolute Gasteiger partial charge is 0.195 e. The molecule has 7 rings (SSSR count). The summed E-state index contributed by atoms with van der Waals surface area (Å²) in [4.78, 5) is 6.53. The molecule has 2 aromatic carbocycles. The SMILES string of the molecule is CCCCCCCCC1(CCCCCCCC)c2cc(C3=CC[C@H](C4=CCCS4)S3)ccc2-c2ccc(-c3ccc(-c4ccc(F)s4)s3)cc21. The maximum atomic E-state index is 13.9. The fraction of sp³-hybridized carbons (Fsp3) is 0.467. The van der Waals surface area contributed by atoms with E-state index < -0.39 is 0 Å². The van der Waals surface area contributed by atoms with Crippen LogP contribution in [0.2, 0.25) is 0 Å². The second-order valence-electron chi connectivity index (χ2n) is 14.6. The molecule has 4 aromatic rings. The van der Waals surface area contributed by atoms with Crippen molar-refractivity contribution in [1.82, 2.24) is 0 Å². The summed E-state index contributed by atoms with van der Waals surface area (Å²) in [6.45, 7) is 4.63. The van der Waals surface area contributed by atoms with Crippen LogP contribution in [-0.2, 0) is 5.41 Å². The van der Waals surface area contributed by atoms with Crippen LogP contribution in [0.1, 0.15) is 133 Å². The van der Waals surface area contributed by atoms with Gasteiger partial charge in [-0.2, -0.15) is 4.39 Å². The van der Waals surface area contributed by atoms with Crippen LogP contribution in [-0.4, -0.2) is 11.0 Å². The topological polar surface area (TPSA) is 0 Å². The summed E-state index contributed by atoms with van der Waals surface area (Å²) in [5.41, 5.74) is 8.82. The lowest BCUT2D eigenvalue weighted by Crippen LogP contribution is -2.25. The molecule has 1 atom stereocenters. The van der Waals surface area contributed by atoms with Crippen molar-refractivity contribution in [2.24, 2.45) is 0 Å². The lowest BCUT2D eigenvalue weighted by atomic mass is 9.70. The Morgan fingerprint density at radius 1 is 0.640 bits per heavy atom. The molecule has 1 aliphatic carbocycles. The van der Waals surface area contributed by atoms with Gasteiger partial charge in [-0.25, -0.2) is 0 Å². The van der Waals surface area contributed by atoms with Crippen molar-refractivity contribution in [2.45, 2.75) is 127 Å². The number of benzene rings is 2. The first kappa shape index (κ1) is 36.3. The second kappa shape index (κ2) is 17.2. The molecule has 0 saturated heterocycles. The van der Waals surface area contributed by atoms with Crippen LogP contribution >= 0.6 is 46.2 Å². The monoisotopic (exact) mass is 740 g/mol. The van der Waals surface area contributed by atoms with Crippen LogP contribution in [0.4, 0.5) is 4.39 Å². The Morgan fingerprint density at radius 2 is 1.24 bits per heavy atom. The molecule has 50 heavy (non-hydrogen) atoms. The summed E-state index contributed by atoms with van der Waals surface area (Å²) in [6, 6.07) is 22.8. The van der Waals surface area contributed by atoms with Gasteiger partial charge in [-0.1, -0.05) is 127 Å². The number of thioether (sulfide) groups is 2. The maximum absolute atomic E-state index is 13.9. The molecule has 4 heterocycles. The third-order valence-corrected chi connectivity index (χ3v) is 16.1. The van der Waals surface area contributed by atoms with E-state index in [0.717, 1.165) is 16.2 Å². The number of unbranched alkanes of at least 4 members (excludes halogenated alkanes) is 10. The quantitative estimate of drug-likeness (QED) is 0.0932. The Labute approximate surface area is 317 Å². The number of halogens is 1. The van der Waals surface area contributed by atoms with Crippen LogP contribution < -0.4 is 0 Å². The predicted octanol–water partition coefficient (Wildman–Crippen LogP) is 15.9. The smallest absolute Gasteiger partial charge is 0.177 e. The molecule has 264 valence electrons. The Morgan fingerprint density at radius 3 is 1.88 bits per heavy atom. The van der Waals surface area contributed by atoms with Crippen molar-refractivity contribution in [1.29, 1.82) is 0 Å². The van der Waals surface area contributed by atoms with Gasteiger partial charge >= 0.3 is 0 Å². The molecule has 3 aliphatic rings. The van der Waals surface area contributed by atoms with Gasteiger partial charge in [0.05, 0.1) is 0 Å². The van der Waals surface area contributed by atoms with Gasteiger partial charge in [0, 0.05) is 36.0 Å². The molecule has 0 spiro atoms. The normalized spacial score (nSPS) is 17.6. The van der Waals surface area contributed by atoms with Gasteiger partial charge in [-0.3, -0.25) is 0 Å². The van der Waals surface area contributed by atoms with Crippen molar-refractivity contribution in [3.63, 3.8) is 0 Å². The molecule has 0 fully saturated rings. The highest BCUT2D eigenvalue weighted by Gasteiger charge is 2.43. The van der Waals surface area contributed by atoms with E-state index in [1.807, 2.05) is 6.07 Å². The fourth-order valence-corrected chi connectivity index (χ4v) is 12.8. The Balaban J connectivity index is 1.24. The molecule has 0 N–H and O–H groups in total. The minimum Gasteiger partial charge on any atom is -0.195 e. The molecule has 2 aliphatic heterocycles. The zero-order chi connectivity index (χ0) is 34.3. The van der Waals surface area contributed by atoms with E-state index in [0.29, 0.717) is 5.25 Å². The van der Waals surface area contributed by atoms with Gasteiger partial charge < -0.3 is 0 Å². The molecular formula is C45H53FS4. The summed E-state index contributed by atoms with van der Waals surface area (Å²) in [5, 5.41) is 0.485. The summed E-state index contributed by atoms with van der Waals surface area (Å²) in [6.07, 6.45) is 25.8. The van der Waals surface area contributed by atoms with Gasteiger partial charge in [0.15, 0.2) is 5.13 Å². The third-order valence-electron chi connectivity index (χ3n) is 11.1. The van der Waals surface area contributed by atoms with Crippen molar-refractivity contribution < 1.29 is 4.39 Å². The van der Waals surface area contributed by atoms with Crippen LogP contribution in [0.3, 0.4) is 0 Å². The van der Waals surface area contributed by atoms with E-state index in [1.54, 1.807) is 33.4 Å². The first-order valence-corrected chi connectivity index (χ1v) is 22.9. The van der Waals surface area contributed by atoms with E-state index in [1.165, 1.54) is 145 Å². The van der Waals surface area contributed by atoms with Crippen molar-refractivity contribution in [3.8, 4) is 31.3 Å². The molecule has 5 heteroatoms.